The van der Waals surface area contributed by atoms with E-state index in [4.69, 9.17) is 21.3 Å². The molecule has 0 spiro atoms. The van der Waals surface area contributed by atoms with Crippen LogP contribution in [0.15, 0.2) is 48.5 Å². The van der Waals surface area contributed by atoms with Gasteiger partial charge in [-0.2, -0.15) is 0 Å². The van der Waals surface area contributed by atoms with E-state index in [1.807, 2.05) is 63.2 Å². The Bertz CT molecular complexity index is 1040. The van der Waals surface area contributed by atoms with Gasteiger partial charge in [0.25, 0.3) is 0 Å². The Morgan fingerprint density at radius 1 is 1.20 bits per heavy atom. The molecule has 3 aromatic rings. The monoisotopic (exact) mass is 426 g/mol. The quantitative estimate of drug-likeness (QED) is 0.626. The van der Waals surface area contributed by atoms with E-state index in [-0.39, 0.29) is 12.1 Å². The number of ether oxygens (including phenoxy) is 1. The zero-order chi connectivity index (χ0) is 21.3. The van der Waals surface area contributed by atoms with Gasteiger partial charge >= 0.3 is 6.09 Å². The van der Waals surface area contributed by atoms with Crippen LogP contribution in [-0.2, 0) is 11.3 Å². The van der Waals surface area contributed by atoms with Crippen molar-refractivity contribution in [2.45, 2.75) is 45.4 Å². The van der Waals surface area contributed by atoms with Crippen LogP contribution in [0.1, 0.15) is 32.8 Å². The van der Waals surface area contributed by atoms with Crippen LogP contribution in [0.5, 0.6) is 0 Å². The van der Waals surface area contributed by atoms with Crippen LogP contribution in [0.25, 0.3) is 11.0 Å². The molecule has 1 saturated heterocycles. The lowest BCUT2D eigenvalue weighted by Crippen LogP contribution is -2.36. The molecule has 7 heteroatoms. The molecule has 1 amide bonds. The van der Waals surface area contributed by atoms with Crippen molar-refractivity contribution in [2.24, 2.45) is 0 Å². The van der Waals surface area contributed by atoms with Crippen LogP contribution < -0.4 is 5.32 Å². The number of hydrogen-bond acceptors (Lipinski definition) is 4. The van der Waals surface area contributed by atoms with Gasteiger partial charge in [-0.05, 0) is 57.0 Å². The van der Waals surface area contributed by atoms with Crippen LogP contribution in [0.4, 0.5) is 10.7 Å². The van der Waals surface area contributed by atoms with Crippen molar-refractivity contribution in [1.82, 2.24) is 14.5 Å². The predicted molar refractivity (Wildman–Crippen MR) is 120 cm³/mol. The zero-order valence-corrected chi connectivity index (χ0v) is 18.3. The number of carbonyl (C=O) groups excluding carboxylic acids is 1. The van der Waals surface area contributed by atoms with E-state index in [0.29, 0.717) is 19.6 Å². The number of amides is 1. The molecular weight excluding hydrogens is 400 g/mol. The summed E-state index contributed by atoms with van der Waals surface area (Å²) < 4.78 is 7.68. The molecule has 2 heterocycles. The van der Waals surface area contributed by atoms with Crippen LogP contribution in [0.3, 0.4) is 0 Å². The molecule has 4 rings (SSSR count). The topological polar surface area (TPSA) is 59.4 Å². The van der Waals surface area contributed by atoms with Crippen molar-refractivity contribution in [3.8, 4) is 0 Å². The molecule has 1 fully saturated rings. The summed E-state index contributed by atoms with van der Waals surface area (Å²) in [6.45, 7) is 7.60. The maximum atomic E-state index is 12.4. The molecule has 1 atom stereocenters. The molecule has 0 aliphatic carbocycles. The van der Waals surface area contributed by atoms with Gasteiger partial charge in [-0.15, -0.1) is 0 Å². The Hall–Kier alpha value is -2.73. The molecule has 1 aromatic heterocycles. The number of carbonyl (C=O) groups is 1. The standard InChI is InChI=1S/C23H27ClN4O2/c1-23(2,3)30-22(29)27-13-12-18(15-27)25-21-26-19-6-4-5-7-20(19)28(21)14-16-8-10-17(24)11-9-16/h4-11,18H,12-15H2,1-3H3,(H,25,26)/t18-/m0/s1. The number of likely N-dealkylation sites (tertiary alicyclic amines) is 1. The summed E-state index contributed by atoms with van der Waals surface area (Å²) in [5.74, 6) is 0.808. The third-order valence-electron chi connectivity index (χ3n) is 5.08. The maximum Gasteiger partial charge on any atom is 0.410 e. The van der Waals surface area contributed by atoms with Crippen molar-refractivity contribution >= 4 is 34.7 Å². The minimum absolute atomic E-state index is 0.123. The van der Waals surface area contributed by atoms with E-state index in [9.17, 15) is 4.79 Å². The smallest absolute Gasteiger partial charge is 0.410 e. The highest BCUT2D eigenvalue weighted by Crippen LogP contribution is 2.24. The average molecular weight is 427 g/mol. The normalized spacial score (nSPS) is 16.8. The van der Waals surface area contributed by atoms with E-state index in [0.717, 1.165) is 34.0 Å². The lowest BCUT2D eigenvalue weighted by Gasteiger charge is -2.24. The molecular formula is C23H27ClN4O2. The van der Waals surface area contributed by atoms with E-state index in [2.05, 4.69) is 16.0 Å². The number of nitrogens with one attached hydrogen (secondary N) is 1. The molecule has 1 aliphatic rings. The first kappa shape index (κ1) is 20.5. The minimum atomic E-state index is -0.491. The number of hydrogen-bond donors (Lipinski definition) is 1. The Labute approximate surface area is 181 Å². The summed E-state index contributed by atoms with van der Waals surface area (Å²) in [5.41, 5.74) is 2.66. The second-order valence-electron chi connectivity index (χ2n) is 8.69. The van der Waals surface area contributed by atoms with Crippen molar-refractivity contribution in [2.75, 3.05) is 18.4 Å². The highest BCUT2D eigenvalue weighted by molar-refractivity contribution is 6.30. The summed E-state index contributed by atoms with van der Waals surface area (Å²) in [6, 6.07) is 16.1. The molecule has 1 N–H and O–H groups in total. The van der Waals surface area contributed by atoms with Crippen molar-refractivity contribution in [3.05, 3.63) is 59.1 Å². The highest BCUT2D eigenvalue weighted by atomic mass is 35.5. The van der Waals surface area contributed by atoms with Crippen LogP contribution in [0.2, 0.25) is 5.02 Å². The van der Waals surface area contributed by atoms with Crippen molar-refractivity contribution in [1.29, 1.82) is 0 Å². The first-order chi connectivity index (χ1) is 14.3. The lowest BCUT2D eigenvalue weighted by molar-refractivity contribution is 0.0293. The highest BCUT2D eigenvalue weighted by Gasteiger charge is 2.30. The fraction of sp³-hybridized carbons (Fsp3) is 0.391. The Balaban J connectivity index is 1.53. The molecule has 158 valence electrons. The van der Waals surface area contributed by atoms with Gasteiger partial charge in [0, 0.05) is 24.2 Å². The molecule has 30 heavy (non-hydrogen) atoms. The fourth-order valence-electron chi connectivity index (χ4n) is 3.67. The van der Waals surface area contributed by atoms with Crippen molar-refractivity contribution < 1.29 is 9.53 Å². The van der Waals surface area contributed by atoms with Gasteiger partial charge in [-0.25, -0.2) is 9.78 Å². The van der Waals surface area contributed by atoms with Gasteiger partial charge < -0.3 is 19.5 Å². The number of fused-ring (bicyclic) bond motifs is 1. The van der Waals surface area contributed by atoms with Gasteiger partial charge in [0.05, 0.1) is 17.6 Å². The molecule has 0 bridgehead atoms. The van der Waals surface area contributed by atoms with E-state index >= 15 is 0 Å². The summed E-state index contributed by atoms with van der Waals surface area (Å²) in [4.78, 5) is 18.9. The maximum absolute atomic E-state index is 12.4. The number of nitrogens with zero attached hydrogens (tertiary/aromatic N) is 3. The number of rotatable bonds is 4. The number of anilines is 1. The number of aromatic nitrogens is 2. The minimum Gasteiger partial charge on any atom is -0.444 e. The third kappa shape index (κ3) is 4.70. The fourth-order valence-corrected chi connectivity index (χ4v) is 3.80. The van der Waals surface area contributed by atoms with Crippen LogP contribution in [-0.4, -0.2) is 45.3 Å². The van der Waals surface area contributed by atoms with Gasteiger partial charge in [0.1, 0.15) is 5.60 Å². The van der Waals surface area contributed by atoms with Gasteiger partial charge in [-0.3, -0.25) is 0 Å². The van der Waals surface area contributed by atoms with Gasteiger partial charge in [0.15, 0.2) is 0 Å². The van der Waals surface area contributed by atoms with Gasteiger partial charge in [-0.1, -0.05) is 35.9 Å². The van der Waals surface area contributed by atoms with Crippen LogP contribution >= 0.6 is 11.6 Å². The first-order valence-corrected chi connectivity index (χ1v) is 10.6. The second-order valence-corrected chi connectivity index (χ2v) is 9.13. The number of imidazole rings is 1. The Kier molecular flexibility index (Phi) is 5.60. The zero-order valence-electron chi connectivity index (χ0n) is 17.6. The summed E-state index contributed by atoms with van der Waals surface area (Å²) in [6.07, 6.45) is 0.588. The largest absolute Gasteiger partial charge is 0.444 e. The second kappa shape index (κ2) is 8.19. The van der Waals surface area contributed by atoms with Crippen LogP contribution in [0, 0.1) is 0 Å². The Morgan fingerprint density at radius 2 is 1.93 bits per heavy atom. The van der Waals surface area contributed by atoms with E-state index in [1.54, 1.807) is 4.90 Å². The summed E-state index contributed by atoms with van der Waals surface area (Å²) in [7, 11) is 0. The molecule has 0 unspecified atom stereocenters. The third-order valence-corrected chi connectivity index (χ3v) is 5.33. The molecule has 0 saturated carbocycles. The van der Waals surface area contributed by atoms with E-state index < -0.39 is 5.60 Å². The molecule has 6 nitrogen and oxygen atoms in total. The molecule has 0 radical (unpaired) electrons. The average Bonchev–Trinajstić information content (AvgIpc) is 3.28. The number of para-hydroxylation sites is 2. The summed E-state index contributed by atoms with van der Waals surface area (Å²) >= 11 is 6.04. The summed E-state index contributed by atoms with van der Waals surface area (Å²) in [5, 5.41) is 4.28. The van der Waals surface area contributed by atoms with Crippen molar-refractivity contribution in [3.63, 3.8) is 0 Å². The molecule has 2 aromatic carbocycles. The predicted octanol–water partition coefficient (Wildman–Crippen LogP) is 5.16. The number of halogens is 1. The first-order valence-electron chi connectivity index (χ1n) is 10.2. The SMILES string of the molecule is CC(C)(C)OC(=O)N1CC[C@H](Nc2nc3ccccc3n2Cc2ccc(Cl)cc2)C1. The van der Waals surface area contributed by atoms with Gasteiger partial charge in [0.2, 0.25) is 5.95 Å². The molecule has 1 aliphatic heterocycles. The Morgan fingerprint density at radius 3 is 2.67 bits per heavy atom. The number of benzene rings is 2. The van der Waals surface area contributed by atoms with E-state index in [1.165, 1.54) is 0 Å². The lowest BCUT2D eigenvalue weighted by atomic mass is 10.2.